The minimum atomic E-state index is 0.445. The van der Waals surface area contributed by atoms with Crippen molar-refractivity contribution in [1.29, 1.82) is 0 Å². The number of thiophene rings is 1. The van der Waals surface area contributed by atoms with Crippen molar-refractivity contribution in [1.82, 2.24) is 5.32 Å². The highest BCUT2D eigenvalue weighted by atomic mass is 32.1. The van der Waals surface area contributed by atoms with Crippen molar-refractivity contribution in [3.05, 3.63) is 22.4 Å². The van der Waals surface area contributed by atoms with Crippen molar-refractivity contribution < 1.29 is 0 Å². The normalized spacial score (nSPS) is 25.3. The summed E-state index contributed by atoms with van der Waals surface area (Å²) in [4.78, 5) is 1.51. The predicted octanol–water partition coefficient (Wildman–Crippen LogP) is 4.49. The molecule has 1 aromatic heterocycles. The molecule has 2 rings (SSSR count). The van der Waals surface area contributed by atoms with E-state index < -0.39 is 0 Å². The highest BCUT2D eigenvalue weighted by Crippen LogP contribution is 2.37. The van der Waals surface area contributed by atoms with Gasteiger partial charge in [-0.05, 0) is 42.0 Å². The molecule has 1 saturated carbocycles. The number of nitrogens with one attached hydrogen (secondary N) is 1. The second-order valence-corrected chi connectivity index (χ2v) is 7.68. The van der Waals surface area contributed by atoms with Gasteiger partial charge in [0.25, 0.3) is 0 Å². The number of hydrogen-bond acceptors (Lipinski definition) is 2. The van der Waals surface area contributed by atoms with Crippen LogP contribution in [-0.4, -0.2) is 12.6 Å². The summed E-state index contributed by atoms with van der Waals surface area (Å²) < 4.78 is 0. The third kappa shape index (κ3) is 3.83. The quantitative estimate of drug-likeness (QED) is 0.846. The Hall–Kier alpha value is -0.340. The Kier molecular flexibility index (Phi) is 4.85. The third-order valence-corrected chi connectivity index (χ3v) is 5.17. The molecule has 0 bridgehead atoms. The first-order valence-electron chi connectivity index (χ1n) is 7.33. The minimum Gasteiger partial charge on any atom is -0.313 e. The van der Waals surface area contributed by atoms with Crippen LogP contribution in [0.3, 0.4) is 0 Å². The van der Waals surface area contributed by atoms with Crippen LogP contribution in [0.1, 0.15) is 51.3 Å². The first-order valence-corrected chi connectivity index (χ1v) is 8.21. The van der Waals surface area contributed by atoms with Crippen LogP contribution in [0.5, 0.6) is 0 Å². The fraction of sp³-hybridized carbons (Fsp3) is 0.750. The van der Waals surface area contributed by atoms with Crippen LogP contribution in [0.15, 0.2) is 17.5 Å². The molecule has 1 aliphatic rings. The van der Waals surface area contributed by atoms with Crippen molar-refractivity contribution in [3.63, 3.8) is 0 Å². The Morgan fingerprint density at radius 3 is 2.72 bits per heavy atom. The van der Waals surface area contributed by atoms with Gasteiger partial charge in [0, 0.05) is 17.5 Å². The highest BCUT2D eigenvalue weighted by Gasteiger charge is 2.33. The molecular weight excluding hydrogens is 238 g/mol. The molecule has 1 N–H and O–H groups in total. The minimum absolute atomic E-state index is 0.445. The monoisotopic (exact) mass is 265 g/mol. The van der Waals surface area contributed by atoms with Gasteiger partial charge in [0.1, 0.15) is 0 Å². The predicted molar refractivity (Wildman–Crippen MR) is 81.2 cm³/mol. The van der Waals surface area contributed by atoms with Crippen LogP contribution in [0.2, 0.25) is 0 Å². The zero-order valence-corrected chi connectivity index (χ0v) is 12.9. The fourth-order valence-corrected chi connectivity index (χ4v) is 3.96. The first-order chi connectivity index (χ1) is 8.57. The van der Waals surface area contributed by atoms with Crippen molar-refractivity contribution in [2.45, 2.75) is 58.9 Å². The molecule has 1 nitrogen and oxygen atoms in total. The van der Waals surface area contributed by atoms with Crippen LogP contribution in [-0.2, 0) is 6.42 Å². The van der Waals surface area contributed by atoms with E-state index >= 15 is 0 Å². The Bertz CT molecular complexity index is 336. The summed E-state index contributed by atoms with van der Waals surface area (Å²) in [6.07, 6.45) is 6.78. The summed E-state index contributed by atoms with van der Waals surface area (Å²) in [5.41, 5.74) is 0.445. The van der Waals surface area contributed by atoms with Crippen LogP contribution < -0.4 is 5.32 Å². The molecule has 2 heteroatoms. The number of rotatable bonds is 4. The van der Waals surface area contributed by atoms with E-state index in [2.05, 4.69) is 43.6 Å². The van der Waals surface area contributed by atoms with Gasteiger partial charge >= 0.3 is 0 Å². The largest absolute Gasteiger partial charge is 0.313 e. The molecule has 2 unspecified atom stereocenters. The van der Waals surface area contributed by atoms with Gasteiger partial charge < -0.3 is 5.32 Å². The zero-order valence-electron chi connectivity index (χ0n) is 12.0. The second-order valence-electron chi connectivity index (χ2n) is 6.65. The molecule has 2 atom stereocenters. The van der Waals surface area contributed by atoms with E-state index in [9.17, 15) is 0 Å². The first kappa shape index (κ1) is 14.1. The lowest BCUT2D eigenvalue weighted by atomic mass is 9.69. The maximum absolute atomic E-state index is 3.82. The highest BCUT2D eigenvalue weighted by molar-refractivity contribution is 7.09. The van der Waals surface area contributed by atoms with Gasteiger partial charge in [-0.1, -0.05) is 39.7 Å². The summed E-state index contributed by atoms with van der Waals surface area (Å²) in [7, 11) is 0. The second kappa shape index (κ2) is 6.21. The SMILES string of the molecule is CC(C)(C)C1CCCCC1NCCc1cccs1. The van der Waals surface area contributed by atoms with E-state index in [-0.39, 0.29) is 0 Å². The molecule has 0 spiro atoms. The van der Waals surface area contributed by atoms with Gasteiger partial charge in [0.15, 0.2) is 0 Å². The van der Waals surface area contributed by atoms with E-state index in [1.807, 2.05) is 11.3 Å². The third-order valence-electron chi connectivity index (χ3n) is 4.24. The number of hydrogen-bond donors (Lipinski definition) is 1. The Morgan fingerprint density at radius 1 is 1.28 bits per heavy atom. The molecule has 1 fully saturated rings. The molecule has 0 amide bonds. The Labute approximate surface area is 116 Å². The van der Waals surface area contributed by atoms with Gasteiger partial charge in [-0.2, -0.15) is 0 Å². The molecule has 1 aromatic rings. The van der Waals surface area contributed by atoms with Crippen molar-refractivity contribution in [2.24, 2.45) is 11.3 Å². The molecule has 18 heavy (non-hydrogen) atoms. The fourth-order valence-electron chi connectivity index (χ4n) is 3.25. The average molecular weight is 265 g/mol. The van der Waals surface area contributed by atoms with E-state index in [0.717, 1.165) is 18.5 Å². The summed E-state index contributed by atoms with van der Waals surface area (Å²) in [6.45, 7) is 8.34. The van der Waals surface area contributed by atoms with Crippen molar-refractivity contribution in [2.75, 3.05) is 6.54 Å². The standard InChI is InChI=1S/C16H27NS/c1-16(2,3)14-8-4-5-9-15(14)17-11-10-13-7-6-12-18-13/h6-7,12,14-15,17H,4-5,8-11H2,1-3H3. The van der Waals surface area contributed by atoms with Gasteiger partial charge in [0.2, 0.25) is 0 Å². The lowest BCUT2D eigenvalue weighted by Gasteiger charge is -2.41. The summed E-state index contributed by atoms with van der Waals surface area (Å²) in [5.74, 6) is 0.842. The molecule has 0 saturated heterocycles. The lowest BCUT2D eigenvalue weighted by molar-refractivity contribution is 0.131. The lowest BCUT2D eigenvalue weighted by Crippen LogP contribution is -2.44. The van der Waals surface area contributed by atoms with Gasteiger partial charge in [-0.25, -0.2) is 0 Å². The maximum Gasteiger partial charge on any atom is 0.0100 e. The molecule has 0 radical (unpaired) electrons. The van der Waals surface area contributed by atoms with E-state index in [1.165, 1.54) is 37.0 Å². The van der Waals surface area contributed by atoms with Crippen LogP contribution in [0.25, 0.3) is 0 Å². The molecule has 1 heterocycles. The van der Waals surface area contributed by atoms with Crippen molar-refractivity contribution in [3.8, 4) is 0 Å². The van der Waals surface area contributed by atoms with Crippen molar-refractivity contribution >= 4 is 11.3 Å². The maximum atomic E-state index is 3.82. The van der Waals surface area contributed by atoms with E-state index in [1.54, 1.807) is 0 Å². The van der Waals surface area contributed by atoms with Crippen LogP contribution in [0, 0.1) is 11.3 Å². The van der Waals surface area contributed by atoms with Crippen LogP contribution in [0.4, 0.5) is 0 Å². The van der Waals surface area contributed by atoms with E-state index in [4.69, 9.17) is 0 Å². The summed E-state index contributed by atoms with van der Waals surface area (Å²) in [5, 5.41) is 6.00. The smallest absolute Gasteiger partial charge is 0.0100 e. The van der Waals surface area contributed by atoms with Gasteiger partial charge in [-0.15, -0.1) is 11.3 Å². The molecule has 102 valence electrons. The summed E-state index contributed by atoms with van der Waals surface area (Å²) >= 11 is 1.88. The molecule has 0 aliphatic heterocycles. The zero-order chi connectivity index (χ0) is 13.0. The molecule has 0 aromatic carbocycles. The van der Waals surface area contributed by atoms with Gasteiger partial charge in [0.05, 0.1) is 0 Å². The summed E-state index contributed by atoms with van der Waals surface area (Å²) in [6, 6.07) is 5.13. The Morgan fingerprint density at radius 2 is 2.06 bits per heavy atom. The van der Waals surface area contributed by atoms with E-state index in [0.29, 0.717) is 5.41 Å². The average Bonchev–Trinajstić information content (AvgIpc) is 2.81. The Balaban J connectivity index is 1.82. The molecular formula is C16H27NS. The van der Waals surface area contributed by atoms with Crippen LogP contribution >= 0.6 is 11.3 Å². The van der Waals surface area contributed by atoms with Gasteiger partial charge in [-0.3, -0.25) is 0 Å². The topological polar surface area (TPSA) is 12.0 Å². The molecule has 1 aliphatic carbocycles.